The number of aryl methyl sites for hydroxylation is 1. The minimum atomic E-state index is -3.90. The van der Waals surface area contributed by atoms with Crippen LogP contribution in [0.2, 0.25) is 0 Å². The summed E-state index contributed by atoms with van der Waals surface area (Å²) in [6, 6.07) is 12.3. The number of rotatable bonds is 4. The van der Waals surface area contributed by atoms with Gasteiger partial charge in [-0.15, -0.1) is 0 Å². The minimum Gasteiger partial charge on any atom is -0.504 e. The van der Waals surface area contributed by atoms with Crippen molar-refractivity contribution in [2.45, 2.75) is 11.8 Å². The highest BCUT2D eigenvalue weighted by atomic mass is 32.2. The third-order valence-electron chi connectivity index (χ3n) is 3.23. The first kappa shape index (κ1) is 16.6. The molecule has 0 bridgehead atoms. The summed E-state index contributed by atoms with van der Waals surface area (Å²) in [5.74, 6) is 0.133. The van der Waals surface area contributed by atoms with Gasteiger partial charge in [-0.3, -0.25) is 0 Å². The van der Waals surface area contributed by atoms with Gasteiger partial charge < -0.3 is 9.84 Å². The lowest BCUT2D eigenvalue weighted by Gasteiger charge is -2.06. The number of allylic oxidation sites excluding steroid dienone is 1. The number of sulfone groups is 1. The SMILES string of the molecule is COc1cc(/C=C(\C#N)S(=O)(=O)c2ccc(C)cc2)ccc1O. The summed E-state index contributed by atoms with van der Waals surface area (Å²) in [5.41, 5.74) is 1.36. The normalized spacial score (nSPS) is 11.8. The molecule has 0 saturated heterocycles. The van der Waals surface area contributed by atoms with Crippen LogP contribution in [-0.4, -0.2) is 20.6 Å². The van der Waals surface area contributed by atoms with Gasteiger partial charge in [0.05, 0.1) is 12.0 Å². The molecular weight excluding hydrogens is 314 g/mol. The van der Waals surface area contributed by atoms with Crippen molar-refractivity contribution in [1.82, 2.24) is 0 Å². The molecule has 0 unspecified atom stereocenters. The van der Waals surface area contributed by atoms with Gasteiger partial charge in [0.1, 0.15) is 11.0 Å². The van der Waals surface area contributed by atoms with Gasteiger partial charge in [-0.05, 0) is 42.8 Å². The number of phenols is 1. The molecule has 6 heteroatoms. The fourth-order valence-corrected chi connectivity index (χ4v) is 3.11. The Morgan fingerprint density at radius 2 is 1.87 bits per heavy atom. The van der Waals surface area contributed by atoms with E-state index in [9.17, 15) is 18.8 Å². The van der Waals surface area contributed by atoms with Crippen LogP contribution in [0.1, 0.15) is 11.1 Å². The van der Waals surface area contributed by atoms with Crippen LogP contribution in [0.25, 0.3) is 6.08 Å². The van der Waals surface area contributed by atoms with Gasteiger partial charge in [0, 0.05) is 0 Å². The summed E-state index contributed by atoms with van der Waals surface area (Å²) < 4.78 is 30.0. The number of nitrogens with zero attached hydrogens (tertiary/aromatic N) is 1. The van der Waals surface area contributed by atoms with E-state index in [2.05, 4.69) is 0 Å². The zero-order valence-corrected chi connectivity index (χ0v) is 13.5. The summed E-state index contributed by atoms with van der Waals surface area (Å²) in [7, 11) is -2.51. The first-order valence-electron chi connectivity index (χ1n) is 6.69. The van der Waals surface area contributed by atoms with Crippen LogP contribution in [0.15, 0.2) is 52.3 Å². The van der Waals surface area contributed by atoms with Crippen molar-refractivity contribution in [3.8, 4) is 17.6 Å². The maximum atomic E-state index is 12.5. The maximum absolute atomic E-state index is 12.5. The predicted molar refractivity (Wildman–Crippen MR) is 86.6 cm³/mol. The van der Waals surface area contributed by atoms with E-state index in [1.165, 1.54) is 43.5 Å². The fraction of sp³-hybridized carbons (Fsp3) is 0.118. The number of ether oxygens (including phenoxy) is 1. The Morgan fingerprint density at radius 1 is 1.22 bits per heavy atom. The highest BCUT2D eigenvalue weighted by Crippen LogP contribution is 2.28. The van der Waals surface area contributed by atoms with E-state index in [4.69, 9.17) is 4.74 Å². The van der Waals surface area contributed by atoms with Crippen LogP contribution < -0.4 is 4.74 Å². The molecule has 0 heterocycles. The Hall–Kier alpha value is -2.78. The van der Waals surface area contributed by atoms with Crippen molar-refractivity contribution < 1.29 is 18.3 Å². The minimum absolute atomic E-state index is 0.0571. The zero-order valence-electron chi connectivity index (χ0n) is 12.6. The average Bonchev–Trinajstić information content (AvgIpc) is 2.54. The summed E-state index contributed by atoms with van der Waals surface area (Å²) in [6.07, 6.45) is 1.25. The van der Waals surface area contributed by atoms with E-state index in [1.54, 1.807) is 18.2 Å². The monoisotopic (exact) mass is 329 g/mol. The summed E-state index contributed by atoms with van der Waals surface area (Å²) in [6.45, 7) is 1.85. The maximum Gasteiger partial charge on any atom is 0.216 e. The van der Waals surface area contributed by atoms with Gasteiger partial charge in [0.15, 0.2) is 11.5 Å². The quantitative estimate of drug-likeness (QED) is 0.871. The first-order valence-corrected chi connectivity index (χ1v) is 8.17. The first-order chi connectivity index (χ1) is 10.9. The lowest BCUT2D eigenvalue weighted by atomic mass is 10.2. The third kappa shape index (κ3) is 3.52. The molecule has 0 saturated carbocycles. The molecule has 1 N–H and O–H groups in total. The molecule has 0 aromatic heterocycles. The van der Waals surface area contributed by atoms with Crippen LogP contribution in [0, 0.1) is 18.3 Å². The second-order valence-electron chi connectivity index (χ2n) is 4.87. The molecule has 2 aromatic carbocycles. The summed E-state index contributed by atoms with van der Waals surface area (Å²) >= 11 is 0. The van der Waals surface area contributed by atoms with E-state index in [0.717, 1.165) is 5.56 Å². The number of phenolic OH excluding ortho intramolecular Hbond substituents is 1. The average molecular weight is 329 g/mol. The summed E-state index contributed by atoms with van der Waals surface area (Å²) in [4.78, 5) is -0.323. The molecule has 0 aliphatic rings. The molecule has 5 nitrogen and oxygen atoms in total. The Morgan fingerprint density at radius 3 is 2.43 bits per heavy atom. The van der Waals surface area contributed by atoms with E-state index < -0.39 is 9.84 Å². The molecule has 2 rings (SSSR count). The third-order valence-corrected chi connectivity index (χ3v) is 4.91. The predicted octanol–water partition coefficient (Wildman–Crippen LogP) is 3.05. The molecule has 2 aromatic rings. The molecule has 118 valence electrons. The Labute approximate surface area is 135 Å². The van der Waals surface area contributed by atoms with E-state index in [-0.39, 0.29) is 21.3 Å². The van der Waals surface area contributed by atoms with Crippen LogP contribution in [0.4, 0.5) is 0 Å². The molecular formula is C17H15NO4S. The van der Waals surface area contributed by atoms with Crippen molar-refractivity contribution in [2.24, 2.45) is 0 Å². The van der Waals surface area contributed by atoms with E-state index >= 15 is 0 Å². The largest absolute Gasteiger partial charge is 0.504 e. The van der Waals surface area contributed by atoms with Crippen molar-refractivity contribution in [3.63, 3.8) is 0 Å². The fourth-order valence-electron chi connectivity index (χ4n) is 1.95. The zero-order chi connectivity index (χ0) is 17.0. The van der Waals surface area contributed by atoms with Crippen molar-refractivity contribution in [3.05, 3.63) is 58.5 Å². The van der Waals surface area contributed by atoms with Crippen LogP contribution in [0.5, 0.6) is 11.5 Å². The van der Waals surface area contributed by atoms with Gasteiger partial charge >= 0.3 is 0 Å². The lowest BCUT2D eigenvalue weighted by molar-refractivity contribution is 0.373. The smallest absolute Gasteiger partial charge is 0.216 e. The number of nitriles is 1. The number of hydrogen-bond donors (Lipinski definition) is 1. The van der Waals surface area contributed by atoms with Crippen molar-refractivity contribution in [2.75, 3.05) is 7.11 Å². The Kier molecular flexibility index (Phi) is 4.72. The molecule has 0 spiro atoms. The molecule has 0 atom stereocenters. The highest BCUT2D eigenvalue weighted by molar-refractivity contribution is 7.95. The number of hydrogen-bond acceptors (Lipinski definition) is 5. The Bertz CT molecular complexity index is 891. The lowest BCUT2D eigenvalue weighted by Crippen LogP contribution is -2.03. The molecule has 23 heavy (non-hydrogen) atoms. The standard InChI is InChI=1S/C17H15NO4S/c1-12-3-6-14(7-4-12)23(20,21)15(11-18)9-13-5-8-16(19)17(10-13)22-2/h3-10,19H,1-2H3/b15-9+. The molecule has 0 radical (unpaired) electrons. The van der Waals surface area contributed by atoms with E-state index in [0.29, 0.717) is 5.56 Å². The van der Waals surface area contributed by atoms with Crippen molar-refractivity contribution in [1.29, 1.82) is 5.26 Å². The number of benzene rings is 2. The van der Waals surface area contributed by atoms with Crippen LogP contribution in [-0.2, 0) is 9.84 Å². The van der Waals surface area contributed by atoms with Gasteiger partial charge in [0.2, 0.25) is 9.84 Å². The van der Waals surface area contributed by atoms with Gasteiger partial charge in [-0.25, -0.2) is 8.42 Å². The molecule has 0 aliphatic carbocycles. The summed E-state index contributed by atoms with van der Waals surface area (Å²) in [5, 5.41) is 18.8. The molecule has 0 aliphatic heterocycles. The Balaban J connectivity index is 2.50. The van der Waals surface area contributed by atoms with E-state index in [1.807, 2.05) is 6.92 Å². The molecule has 0 amide bonds. The number of methoxy groups -OCH3 is 1. The second-order valence-corrected chi connectivity index (χ2v) is 6.79. The topological polar surface area (TPSA) is 87.4 Å². The van der Waals surface area contributed by atoms with Crippen LogP contribution >= 0.6 is 0 Å². The van der Waals surface area contributed by atoms with Gasteiger partial charge in [-0.2, -0.15) is 5.26 Å². The van der Waals surface area contributed by atoms with Crippen LogP contribution in [0.3, 0.4) is 0 Å². The number of aromatic hydroxyl groups is 1. The van der Waals surface area contributed by atoms with Gasteiger partial charge in [-0.1, -0.05) is 23.8 Å². The second kappa shape index (κ2) is 6.55. The van der Waals surface area contributed by atoms with Gasteiger partial charge in [0.25, 0.3) is 0 Å². The highest BCUT2D eigenvalue weighted by Gasteiger charge is 2.20. The van der Waals surface area contributed by atoms with Crippen molar-refractivity contribution >= 4 is 15.9 Å². The molecule has 0 fully saturated rings.